The quantitative estimate of drug-likeness (QED) is 0.853. The van der Waals surface area contributed by atoms with Crippen molar-refractivity contribution in [2.45, 2.75) is 50.5 Å². The van der Waals surface area contributed by atoms with Crippen LogP contribution in [0.15, 0.2) is 29.2 Å². The number of benzene rings is 1. The maximum Gasteiger partial charge on any atom is 0.243 e. The number of amides is 1. The van der Waals surface area contributed by atoms with E-state index in [1.165, 1.54) is 4.31 Å². The molecule has 2 saturated heterocycles. The van der Waals surface area contributed by atoms with Crippen LogP contribution in [0.4, 0.5) is 5.69 Å². The van der Waals surface area contributed by atoms with Crippen LogP contribution >= 0.6 is 0 Å². The number of carbonyl (C=O) groups is 1. The van der Waals surface area contributed by atoms with Crippen molar-refractivity contribution in [3.63, 3.8) is 0 Å². The minimum Gasteiger partial charge on any atom is -0.325 e. The molecule has 2 fully saturated rings. The number of nitrogens with one attached hydrogen (secondary N) is 1. The second kappa shape index (κ2) is 8.06. The molecule has 0 saturated carbocycles. The van der Waals surface area contributed by atoms with Crippen LogP contribution in [0.5, 0.6) is 0 Å². The molecule has 1 aromatic carbocycles. The fourth-order valence-corrected chi connectivity index (χ4v) is 5.13. The molecule has 7 heteroatoms. The van der Waals surface area contributed by atoms with Crippen LogP contribution in [0.25, 0.3) is 0 Å². The van der Waals surface area contributed by atoms with E-state index in [-0.39, 0.29) is 16.8 Å². The fraction of sp³-hybridized carbons (Fsp3) is 0.632. The molecular formula is C19H29N3O3S. The zero-order valence-electron chi connectivity index (χ0n) is 15.6. The Labute approximate surface area is 156 Å². The highest BCUT2D eigenvalue weighted by Gasteiger charge is 2.28. The van der Waals surface area contributed by atoms with Crippen molar-refractivity contribution in [1.29, 1.82) is 0 Å². The third-order valence-electron chi connectivity index (χ3n) is 5.57. The zero-order chi connectivity index (χ0) is 18.7. The van der Waals surface area contributed by atoms with Gasteiger partial charge in [0, 0.05) is 18.8 Å². The normalized spacial score (nSPS) is 21.6. The Bertz CT molecular complexity index is 719. The Morgan fingerprint density at radius 3 is 2.23 bits per heavy atom. The Balaban J connectivity index is 1.61. The second-order valence-corrected chi connectivity index (χ2v) is 9.46. The minimum absolute atomic E-state index is 0.0466. The predicted octanol–water partition coefficient (Wildman–Crippen LogP) is 2.53. The Morgan fingerprint density at radius 2 is 1.65 bits per heavy atom. The number of hydrogen-bond acceptors (Lipinski definition) is 4. The summed E-state index contributed by atoms with van der Waals surface area (Å²) in [7, 11) is -3.41. The third kappa shape index (κ3) is 4.27. The lowest BCUT2D eigenvalue weighted by atomic mass is 9.98. The van der Waals surface area contributed by atoms with Gasteiger partial charge >= 0.3 is 0 Å². The highest BCUT2D eigenvalue weighted by Crippen LogP contribution is 2.23. The van der Waals surface area contributed by atoms with Crippen molar-refractivity contribution in [2.75, 3.05) is 31.5 Å². The molecule has 0 aliphatic carbocycles. The molecule has 6 nitrogen and oxygen atoms in total. The van der Waals surface area contributed by atoms with Crippen molar-refractivity contribution in [3.8, 4) is 0 Å². The molecule has 26 heavy (non-hydrogen) atoms. The number of sulfonamides is 1. The van der Waals surface area contributed by atoms with Gasteiger partial charge in [-0.2, -0.15) is 4.31 Å². The van der Waals surface area contributed by atoms with E-state index in [0.29, 0.717) is 18.8 Å². The predicted molar refractivity (Wildman–Crippen MR) is 102 cm³/mol. The summed E-state index contributed by atoms with van der Waals surface area (Å²) in [6.07, 6.45) is 4.09. The van der Waals surface area contributed by atoms with Gasteiger partial charge in [-0.05, 0) is 75.9 Å². The summed E-state index contributed by atoms with van der Waals surface area (Å²) < 4.78 is 26.6. The van der Waals surface area contributed by atoms with E-state index >= 15 is 0 Å². The average Bonchev–Trinajstić information content (AvgIpc) is 3.18. The molecule has 1 aromatic rings. The Morgan fingerprint density at radius 1 is 1.08 bits per heavy atom. The van der Waals surface area contributed by atoms with Gasteiger partial charge in [-0.25, -0.2) is 8.42 Å². The summed E-state index contributed by atoms with van der Waals surface area (Å²) in [5, 5.41) is 2.91. The molecule has 1 N–H and O–H groups in total. The van der Waals surface area contributed by atoms with Crippen LogP contribution in [0, 0.1) is 5.92 Å². The number of piperidine rings is 1. The molecule has 0 aromatic heterocycles. The van der Waals surface area contributed by atoms with Crippen LogP contribution in [0.3, 0.4) is 0 Å². The van der Waals surface area contributed by atoms with Gasteiger partial charge < -0.3 is 5.32 Å². The summed E-state index contributed by atoms with van der Waals surface area (Å²) in [6.45, 7) is 7.25. The topological polar surface area (TPSA) is 69.7 Å². The van der Waals surface area contributed by atoms with Gasteiger partial charge in [-0.3, -0.25) is 9.69 Å². The standard InChI is InChI=1S/C19H29N3O3S/c1-15-9-13-21(14-10-15)16(2)19(23)20-17-5-7-18(8-6-17)26(24,25)22-11-3-4-12-22/h5-8,15-16H,3-4,9-14H2,1-2H3,(H,20,23)/t16-/m0/s1. The van der Waals surface area contributed by atoms with Gasteiger partial charge in [-0.15, -0.1) is 0 Å². The van der Waals surface area contributed by atoms with Crippen molar-refractivity contribution in [2.24, 2.45) is 5.92 Å². The third-order valence-corrected chi connectivity index (χ3v) is 7.48. The van der Waals surface area contributed by atoms with Crippen LogP contribution in [-0.2, 0) is 14.8 Å². The highest BCUT2D eigenvalue weighted by molar-refractivity contribution is 7.89. The molecule has 1 atom stereocenters. The number of carbonyl (C=O) groups excluding carboxylic acids is 1. The lowest BCUT2D eigenvalue weighted by Crippen LogP contribution is -2.45. The molecule has 3 rings (SSSR count). The SMILES string of the molecule is CC1CCN([C@@H](C)C(=O)Nc2ccc(S(=O)(=O)N3CCCC3)cc2)CC1. The first-order valence-corrected chi connectivity index (χ1v) is 11.0. The number of likely N-dealkylation sites (tertiary alicyclic amines) is 1. The van der Waals surface area contributed by atoms with E-state index < -0.39 is 10.0 Å². The lowest BCUT2D eigenvalue weighted by Gasteiger charge is -2.34. The molecule has 144 valence electrons. The fourth-order valence-electron chi connectivity index (χ4n) is 3.62. The minimum atomic E-state index is -3.41. The van der Waals surface area contributed by atoms with E-state index in [1.54, 1.807) is 24.3 Å². The molecule has 0 radical (unpaired) electrons. The first-order chi connectivity index (χ1) is 12.4. The van der Waals surface area contributed by atoms with Crippen LogP contribution < -0.4 is 5.32 Å². The molecule has 0 bridgehead atoms. The summed E-state index contributed by atoms with van der Waals surface area (Å²) in [5.41, 5.74) is 0.632. The lowest BCUT2D eigenvalue weighted by molar-refractivity contribution is -0.121. The van der Waals surface area contributed by atoms with Gasteiger partial charge in [0.1, 0.15) is 0 Å². The van der Waals surface area contributed by atoms with Crippen molar-refractivity contribution in [1.82, 2.24) is 9.21 Å². The monoisotopic (exact) mass is 379 g/mol. The summed E-state index contributed by atoms with van der Waals surface area (Å²) in [5.74, 6) is 0.682. The first kappa shape index (κ1) is 19.3. The van der Waals surface area contributed by atoms with Crippen molar-refractivity contribution < 1.29 is 13.2 Å². The Kier molecular flexibility index (Phi) is 5.99. The van der Waals surface area contributed by atoms with E-state index in [2.05, 4.69) is 17.1 Å². The first-order valence-electron chi connectivity index (χ1n) is 9.53. The van der Waals surface area contributed by atoms with E-state index in [1.807, 2.05) is 6.92 Å². The van der Waals surface area contributed by atoms with E-state index in [4.69, 9.17) is 0 Å². The maximum atomic E-state index is 12.5. The smallest absolute Gasteiger partial charge is 0.243 e. The average molecular weight is 380 g/mol. The zero-order valence-corrected chi connectivity index (χ0v) is 16.5. The molecular weight excluding hydrogens is 350 g/mol. The van der Waals surface area contributed by atoms with Gasteiger partial charge in [0.25, 0.3) is 0 Å². The molecule has 2 aliphatic rings. The number of anilines is 1. The van der Waals surface area contributed by atoms with Gasteiger partial charge in [0.05, 0.1) is 10.9 Å². The number of hydrogen-bond donors (Lipinski definition) is 1. The molecule has 1 amide bonds. The summed E-state index contributed by atoms with van der Waals surface area (Å²) in [6, 6.07) is 6.32. The molecule has 2 aliphatic heterocycles. The van der Waals surface area contributed by atoms with E-state index in [0.717, 1.165) is 44.7 Å². The second-order valence-electron chi connectivity index (χ2n) is 7.52. The summed E-state index contributed by atoms with van der Waals surface area (Å²) >= 11 is 0. The largest absolute Gasteiger partial charge is 0.325 e. The van der Waals surface area contributed by atoms with Gasteiger partial charge in [-0.1, -0.05) is 6.92 Å². The number of nitrogens with zero attached hydrogens (tertiary/aromatic N) is 2. The Hall–Kier alpha value is -1.44. The van der Waals surface area contributed by atoms with Crippen LogP contribution in [-0.4, -0.2) is 55.8 Å². The number of rotatable bonds is 5. The molecule has 2 heterocycles. The van der Waals surface area contributed by atoms with Gasteiger partial charge in [0.2, 0.25) is 15.9 Å². The van der Waals surface area contributed by atoms with Crippen LogP contribution in [0.1, 0.15) is 39.5 Å². The van der Waals surface area contributed by atoms with Crippen LogP contribution in [0.2, 0.25) is 0 Å². The van der Waals surface area contributed by atoms with Crippen molar-refractivity contribution >= 4 is 21.6 Å². The summed E-state index contributed by atoms with van der Waals surface area (Å²) in [4.78, 5) is 15.0. The maximum absolute atomic E-state index is 12.5. The van der Waals surface area contributed by atoms with Crippen molar-refractivity contribution in [3.05, 3.63) is 24.3 Å². The molecule has 0 unspecified atom stereocenters. The molecule has 0 spiro atoms. The highest BCUT2D eigenvalue weighted by atomic mass is 32.2. The van der Waals surface area contributed by atoms with E-state index in [9.17, 15) is 13.2 Å². The van der Waals surface area contributed by atoms with Gasteiger partial charge in [0.15, 0.2) is 0 Å².